The lowest BCUT2D eigenvalue weighted by Gasteiger charge is -2.37. The van der Waals surface area contributed by atoms with E-state index in [1.54, 1.807) is 23.1 Å². The van der Waals surface area contributed by atoms with E-state index in [4.69, 9.17) is 9.47 Å². The zero-order chi connectivity index (χ0) is 24.0. The number of hydrogen-bond donors (Lipinski definition) is 1. The Hall–Kier alpha value is -3.35. The fourth-order valence-corrected chi connectivity index (χ4v) is 4.57. The average molecular weight is 453 g/mol. The highest BCUT2D eigenvalue weighted by Crippen LogP contribution is 2.41. The van der Waals surface area contributed by atoms with E-state index < -0.39 is 29.0 Å². The Morgan fingerprint density at radius 3 is 2.58 bits per heavy atom. The van der Waals surface area contributed by atoms with Gasteiger partial charge in [0.25, 0.3) is 0 Å². The van der Waals surface area contributed by atoms with Crippen molar-refractivity contribution in [2.75, 3.05) is 13.7 Å². The molecule has 1 aromatic heterocycles. The van der Waals surface area contributed by atoms with Crippen molar-refractivity contribution in [2.45, 2.75) is 51.7 Å². The predicted octanol–water partition coefficient (Wildman–Crippen LogP) is 6.01. The molecule has 0 saturated carbocycles. The number of benzene rings is 2. The summed E-state index contributed by atoms with van der Waals surface area (Å²) in [4.78, 5) is 29.8. The molecule has 0 spiro atoms. The van der Waals surface area contributed by atoms with Crippen LogP contribution in [-0.2, 0) is 15.0 Å². The van der Waals surface area contributed by atoms with E-state index >= 15 is 4.39 Å². The number of fused-ring (bicyclic) bond motifs is 1. The molecule has 1 aliphatic heterocycles. The van der Waals surface area contributed by atoms with Crippen LogP contribution in [0.2, 0.25) is 0 Å². The molecular formula is C26H29FN2O4. The molecule has 7 heteroatoms. The number of rotatable bonds is 3. The van der Waals surface area contributed by atoms with Gasteiger partial charge in [-0.3, -0.25) is 4.90 Å². The molecule has 2 heterocycles. The molecule has 1 atom stereocenters. The van der Waals surface area contributed by atoms with Crippen LogP contribution in [0.4, 0.5) is 9.18 Å². The number of amides is 1. The van der Waals surface area contributed by atoms with Gasteiger partial charge in [-0.15, -0.1) is 0 Å². The number of carbonyl (C=O) groups is 2. The van der Waals surface area contributed by atoms with Gasteiger partial charge in [0.2, 0.25) is 0 Å². The molecule has 1 unspecified atom stereocenters. The van der Waals surface area contributed by atoms with Crippen LogP contribution in [0.25, 0.3) is 22.2 Å². The number of nitrogens with one attached hydrogen (secondary N) is 1. The number of halogens is 1. The number of esters is 1. The Kier molecular flexibility index (Phi) is 5.68. The second kappa shape index (κ2) is 8.21. The van der Waals surface area contributed by atoms with Crippen LogP contribution in [-0.4, -0.2) is 41.2 Å². The van der Waals surface area contributed by atoms with Gasteiger partial charge in [-0.25, -0.2) is 14.0 Å². The van der Waals surface area contributed by atoms with E-state index in [0.29, 0.717) is 40.7 Å². The monoisotopic (exact) mass is 452 g/mol. The van der Waals surface area contributed by atoms with Crippen LogP contribution >= 0.6 is 0 Å². The van der Waals surface area contributed by atoms with Gasteiger partial charge in [-0.1, -0.05) is 18.2 Å². The minimum Gasteiger partial charge on any atom is -0.465 e. The maximum atomic E-state index is 15.5. The van der Waals surface area contributed by atoms with E-state index in [2.05, 4.69) is 4.98 Å². The summed E-state index contributed by atoms with van der Waals surface area (Å²) in [5, 5.41) is 0.711. The van der Waals surface area contributed by atoms with Gasteiger partial charge in [0.05, 0.1) is 18.2 Å². The molecule has 0 aliphatic carbocycles. The Bertz CT molecular complexity index is 1230. The Morgan fingerprint density at radius 1 is 1.15 bits per heavy atom. The summed E-state index contributed by atoms with van der Waals surface area (Å²) in [6.07, 6.45) is 0.990. The van der Waals surface area contributed by atoms with Crippen molar-refractivity contribution in [3.8, 4) is 11.3 Å². The third-order valence-corrected chi connectivity index (χ3v) is 6.18. The normalized spacial score (nSPS) is 18.5. The maximum Gasteiger partial charge on any atom is 0.411 e. The summed E-state index contributed by atoms with van der Waals surface area (Å²) in [5.74, 6) is -0.818. The van der Waals surface area contributed by atoms with Crippen molar-refractivity contribution in [2.24, 2.45) is 0 Å². The van der Waals surface area contributed by atoms with Gasteiger partial charge < -0.3 is 14.5 Å². The molecular weight excluding hydrogens is 423 g/mol. The highest BCUT2D eigenvalue weighted by atomic mass is 19.1. The topological polar surface area (TPSA) is 71.6 Å². The third-order valence-electron chi connectivity index (χ3n) is 6.18. The van der Waals surface area contributed by atoms with Crippen molar-refractivity contribution in [3.63, 3.8) is 0 Å². The van der Waals surface area contributed by atoms with Crippen molar-refractivity contribution in [1.29, 1.82) is 0 Å². The SMILES string of the molecule is COC(=O)c1cccc2[nH]c(-c3ccc(C4(C)CCCN4C(=O)OC(C)(C)C)c(F)c3)cc12. The lowest BCUT2D eigenvalue weighted by atomic mass is 9.88. The minimum atomic E-state index is -0.788. The van der Waals surface area contributed by atoms with Crippen LogP contribution < -0.4 is 0 Å². The van der Waals surface area contributed by atoms with Gasteiger partial charge in [0.1, 0.15) is 11.4 Å². The number of ether oxygens (including phenoxy) is 2. The predicted molar refractivity (Wildman–Crippen MR) is 125 cm³/mol. The molecule has 1 fully saturated rings. The van der Waals surface area contributed by atoms with Gasteiger partial charge in [-0.2, -0.15) is 0 Å². The van der Waals surface area contributed by atoms with Crippen LogP contribution in [0.15, 0.2) is 42.5 Å². The number of aromatic nitrogens is 1. The molecule has 1 saturated heterocycles. The largest absolute Gasteiger partial charge is 0.465 e. The number of carbonyl (C=O) groups excluding carboxylic acids is 2. The second-order valence-electron chi connectivity index (χ2n) is 9.65. The Balaban J connectivity index is 1.69. The quantitative estimate of drug-likeness (QED) is 0.494. The van der Waals surface area contributed by atoms with Crippen LogP contribution in [0.5, 0.6) is 0 Å². The van der Waals surface area contributed by atoms with E-state index in [1.807, 2.05) is 45.9 Å². The first-order valence-electron chi connectivity index (χ1n) is 11.0. The zero-order valence-electron chi connectivity index (χ0n) is 19.6. The van der Waals surface area contributed by atoms with Crippen molar-refractivity contribution < 1.29 is 23.5 Å². The first-order valence-corrected chi connectivity index (χ1v) is 11.0. The van der Waals surface area contributed by atoms with E-state index in [0.717, 1.165) is 11.9 Å². The number of likely N-dealkylation sites (tertiary alicyclic amines) is 1. The summed E-state index contributed by atoms with van der Waals surface area (Å²) >= 11 is 0. The molecule has 1 aliphatic rings. The Morgan fingerprint density at radius 2 is 1.91 bits per heavy atom. The van der Waals surface area contributed by atoms with Crippen LogP contribution in [0.1, 0.15) is 56.5 Å². The standard InChI is InChI=1S/C26H29FN2O4/c1-25(2,3)33-24(31)29-13-7-12-26(29,4)19-11-10-16(14-20(19)27)22-15-18-17(23(30)32-5)8-6-9-21(18)28-22/h6,8-11,14-15,28H,7,12-13H2,1-5H3. The molecule has 2 aromatic carbocycles. The van der Waals surface area contributed by atoms with Gasteiger partial charge in [0.15, 0.2) is 0 Å². The van der Waals surface area contributed by atoms with Crippen molar-refractivity contribution in [3.05, 3.63) is 59.4 Å². The molecule has 1 amide bonds. The van der Waals surface area contributed by atoms with Gasteiger partial charge in [-0.05, 0) is 64.8 Å². The second-order valence-corrected chi connectivity index (χ2v) is 9.65. The van der Waals surface area contributed by atoms with E-state index in [1.165, 1.54) is 13.2 Å². The molecule has 6 nitrogen and oxygen atoms in total. The first kappa shape index (κ1) is 22.8. The van der Waals surface area contributed by atoms with E-state index in [9.17, 15) is 9.59 Å². The molecule has 174 valence electrons. The lowest BCUT2D eigenvalue weighted by molar-refractivity contribution is 0.00944. The molecule has 0 radical (unpaired) electrons. The van der Waals surface area contributed by atoms with Gasteiger partial charge in [0, 0.05) is 34.3 Å². The van der Waals surface area contributed by atoms with Gasteiger partial charge >= 0.3 is 12.1 Å². The highest BCUT2D eigenvalue weighted by Gasteiger charge is 2.44. The summed E-state index contributed by atoms with van der Waals surface area (Å²) in [5.41, 5.74) is 1.59. The number of aromatic amines is 1. The highest BCUT2D eigenvalue weighted by molar-refractivity contribution is 6.05. The average Bonchev–Trinajstić information content (AvgIpc) is 3.35. The fraction of sp³-hybridized carbons (Fsp3) is 0.385. The van der Waals surface area contributed by atoms with Crippen molar-refractivity contribution in [1.82, 2.24) is 9.88 Å². The summed E-state index contributed by atoms with van der Waals surface area (Å²) in [7, 11) is 1.34. The van der Waals surface area contributed by atoms with E-state index in [-0.39, 0.29) is 0 Å². The molecule has 3 aromatic rings. The first-order chi connectivity index (χ1) is 15.5. The molecule has 0 bridgehead atoms. The minimum absolute atomic E-state index is 0.391. The number of methoxy groups -OCH3 is 1. The Labute approximate surface area is 192 Å². The number of hydrogen-bond acceptors (Lipinski definition) is 4. The smallest absolute Gasteiger partial charge is 0.411 e. The number of H-pyrrole nitrogens is 1. The summed E-state index contributed by atoms with van der Waals surface area (Å²) < 4.78 is 25.9. The maximum absolute atomic E-state index is 15.5. The van der Waals surface area contributed by atoms with Crippen LogP contribution in [0, 0.1) is 5.82 Å². The molecule has 4 rings (SSSR count). The summed E-state index contributed by atoms with van der Waals surface area (Å²) in [6.45, 7) is 7.86. The third kappa shape index (κ3) is 4.19. The molecule has 33 heavy (non-hydrogen) atoms. The zero-order valence-corrected chi connectivity index (χ0v) is 19.6. The molecule has 1 N–H and O–H groups in total. The lowest BCUT2D eigenvalue weighted by Crippen LogP contribution is -2.45. The summed E-state index contributed by atoms with van der Waals surface area (Å²) in [6, 6.07) is 12.2. The van der Waals surface area contributed by atoms with Crippen LogP contribution in [0.3, 0.4) is 0 Å². The number of nitrogens with zero attached hydrogens (tertiary/aromatic N) is 1. The fourth-order valence-electron chi connectivity index (χ4n) is 4.57. The van der Waals surface area contributed by atoms with Crippen molar-refractivity contribution >= 4 is 23.0 Å².